The van der Waals surface area contributed by atoms with E-state index < -0.39 is 12.7 Å². The van der Waals surface area contributed by atoms with Gasteiger partial charge >= 0.3 is 6.18 Å². The predicted molar refractivity (Wildman–Crippen MR) is 144 cm³/mol. The van der Waals surface area contributed by atoms with E-state index in [0.29, 0.717) is 47.5 Å². The van der Waals surface area contributed by atoms with Crippen LogP contribution in [0.5, 0.6) is 0 Å². The van der Waals surface area contributed by atoms with Crippen molar-refractivity contribution in [3.8, 4) is 11.8 Å². The van der Waals surface area contributed by atoms with Crippen molar-refractivity contribution >= 4 is 16.6 Å². The van der Waals surface area contributed by atoms with Gasteiger partial charge in [0.05, 0.1) is 24.3 Å². The van der Waals surface area contributed by atoms with Gasteiger partial charge in [0.1, 0.15) is 12.4 Å². The Hall–Kier alpha value is -3.42. The van der Waals surface area contributed by atoms with E-state index in [2.05, 4.69) is 55.3 Å². The van der Waals surface area contributed by atoms with Gasteiger partial charge in [0.25, 0.3) is 0 Å². The largest absolute Gasteiger partial charge is 0.406 e. The minimum atomic E-state index is -4.43. The summed E-state index contributed by atoms with van der Waals surface area (Å²) in [6.45, 7) is 10.9. The Morgan fingerprint density at radius 2 is 1.97 bits per heavy atom. The number of hydrogen-bond donors (Lipinski definition) is 3. The zero-order valence-electron chi connectivity index (χ0n) is 22.2. The summed E-state index contributed by atoms with van der Waals surface area (Å²) in [5.41, 5.74) is 6.51. The van der Waals surface area contributed by atoms with Crippen LogP contribution in [0, 0.1) is 11.8 Å². The van der Waals surface area contributed by atoms with Crippen molar-refractivity contribution in [2.24, 2.45) is 0 Å². The normalized spacial score (nSPS) is 16.9. The average molecular weight is 531 g/mol. The predicted octanol–water partition coefficient (Wildman–Crippen LogP) is 5.09. The van der Waals surface area contributed by atoms with Crippen LogP contribution in [0.1, 0.15) is 32.9 Å². The Kier molecular flexibility index (Phi) is 7.81. The molecule has 3 heterocycles. The molecule has 3 N–H and O–H groups in total. The van der Waals surface area contributed by atoms with Crippen LogP contribution in [-0.4, -0.2) is 59.4 Å². The number of alkyl halides is 3. The molecular weight excluding hydrogens is 496 g/mol. The molecule has 0 bridgehead atoms. The number of fused-ring (bicyclic) bond motifs is 1. The number of nitrogens with zero attached hydrogens (tertiary/aromatic N) is 3. The van der Waals surface area contributed by atoms with Gasteiger partial charge in [-0.15, -0.1) is 0 Å². The Labute approximate surface area is 221 Å². The van der Waals surface area contributed by atoms with E-state index in [1.54, 1.807) is 24.3 Å². The zero-order chi connectivity index (χ0) is 27.7. The summed E-state index contributed by atoms with van der Waals surface area (Å²) in [5.74, 6) is 5.56. The molecule has 0 saturated carbocycles. The highest BCUT2D eigenvalue weighted by Gasteiger charge is 2.30. The van der Waals surface area contributed by atoms with Gasteiger partial charge in [-0.2, -0.15) is 13.2 Å². The number of halogens is 4. The molecule has 0 amide bonds. The SMILES string of the molecule is C=C(NCC#Cc1cc2c(NC3=C(F)CN(C)CC3)cccc2n1CC(F)(F)F)C1=CN(C(C)(C)C)NC1. The second-order valence-corrected chi connectivity index (χ2v) is 10.6. The summed E-state index contributed by atoms with van der Waals surface area (Å²) in [4.78, 5) is 1.87. The molecular formula is C28H34F4N6. The minimum Gasteiger partial charge on any atom is -0.374 e. The van der Waals surface area contributed by atoms with Gasteiger partial charge in [0, 0.05) is 59.3 Å². The highest BCUT2D eigenvalue weighted by Crippen LogP contribution is 2.32. The summed E-state index contributed by atoms with van der Waals surface area (Å²) >= 11 is 0. The van der Waals surface area contributed by atoms with Crippen molar-refractivity contribution < 1.29 is 17.6 Å². The van der Waals surface area contributed by atoms with Crippen LogP contribution in [0.15, 0.2) is 59.8 Å². The summed E-state index contributed by atoms with van der Waals surface area (Å²) in [7, 11) is 1.84. The highest BCUT2D eigenvalue weighted by atomic mass is 19.4. The van der Waals surface area contributed by atoms with Gasteiger partial charge in [0.2, 0.25) is 0 Å². The van der Waals surface area contributed by atoms with Crippen molar-refractivity contribution in [3.05, 3.63) is 65.5 Å². The van der Waals surface area contributed by atoms with E-state index >= 15 is 0 Å². The number of rotatable bonds is 6. The Balaban J connectivity index is 1.56. The molecule has 2 aromatic rings. The van der Waals surface area contributed by atoms with Gasteiger partial charge in [-0.3, -0.25) is 4.90 Å². The molecule has 0 radical (unpaired) electrons. The van der Waals surface area contributed by atoms with Crippen LogP contribution in [0.25, 0.3) is 10.9 Å². The second kappa shape index (κ2) is 10.8. The monoisotopic (exact) mass is 530 g/mol. The number of hydrazine groups is 1. The molecule has 0 saturated heterocycles. The molecule has 2 aliphatic heterocycles. The van der Waals surface area contributed by atoms with Crippen LogP contribution in [0.2, 0.25) is 0 Å². The molecule has 0 spiro atoms. The van der Waals surface area contributed by atoms with E-state index in [1.807, 2.05) is 23.2 Å². The third-order valence-corrected chi connectivity index (χ3v) is 6.49. The Bertz CT molecular complexity index is 1330. The quantitative estimate of drug-likeness (QED) is 0.359. The fourth-order valence-corrected chi connectivity index (χ4v) is 4.42. The molecule has 0 unspecified atom stereocenters. The number of aromatic nitrogens is 1. The van der Waals surface area contributed by atoms with Crippen molar-refractivity contribution in [1.82, 2.24) is 25.2 Å². The first kappa shape index (κ1) is 27.6. The smallest absolute Gasteiger partial charge is 0.374 e. The van der Waals surface area contributed by atoms with E-state index in [4.69, 9.17) is 0 Å². The van der Waals surface area contributed by atoms with E-state index in [-0.39, 0.29) is 30.1 Å². The van der Waals surface area contributed by atoms with Gasteiger partial charge in [-0.25, -0.2) is 9.82 Å². The van der Waals surface area contributed by atoms with Crippen LogP contribution in [0.4, 0.5) is 23.2 Å². The fraction of sp³-hybridized carbons (Fsp3) is 0.429. The lowest BCUT2D eigenvalue weighted by Gasteiger charge is -2.31. The van der Waals surface area contributed by atoms with Crippen molar-refractivity contribution in [1.29, 1.82) is 0 Å². The topological polar surface area (TPSA) is 47.5 Å². The standard InChI is InChI=1S/C28H34F4N6/c1-19(20-15-34-38(16-20)27(2,3)4)33-12-7-8-21-14-22-24(35-25-11-13-36(5)17-23(25)29)9-6-10-26(22)37(21)18-28(30,31)32/h6,9-10,14,16,33-35H,1,11-13,15,17-18H2,2-5H3. The third kappa shape index (κ3) is 6.52. The molecule has 1 aromatic heterocycles. The van der Waals surface area contributed by atoms with Crippen molar-refractivity contribution in [2.75, 3.05) is 38.5 Å². The molecule has 204 valence electrons. The summed E-state index contributed by atoms with van der Waals surface area (Å²) in [5, 5.41) is 8.83. The number of benzene rings is 1. The number of anilines is 1. The van der Waals surface area contributed by atoms with Crippen LogP contribution < -0.4 is 16.1 Å². The number of hydrogen-bond acceptors (Lipinski definition) is 5. The molecule has 6 nitrogen and oxygen atoms in total. The highest BCUT2D eigenvalue weighted by molar-refractivity contribution is 5.94. The molecule has 1 aromatic carbocycles. The first-order valence-corrected chi connectivity index (χ1v) is 12.5. The van der Waals surface area contributed by atoms with Crippen LogP contribution in [0.3, 0.4) is 0 Å². The molecule has 38 heavy (non-hydrogen) atoms. The maximum absolute atomic E-state index is 14.5. The second-order valence-electron chi connectivity index (χ2n) is 10.6. The summed E-state index contributed by atoms with van der Waals surface area (Å²) < 4.78 is 56.1. The minimum absolute atomic E-state index is 0.0862. The molecule has 2 aliphatic rings. The van der Waals surface area contributed by atoms with Crippen LogP contribution in [-0.2, 0) is 6.54 Å². The molecule has 10 heteroatoms. The first-order valence-electron chi connectivity index (χ1n) is 12.5. The van der Waals surface area contributed by atoms with Gasteiger partial charge < -0.3 is 20.2 Å². The van der Waals surface area contributed by atoms with Gasteiger partial charge in [0.15, 0.2) is 0 Å². The van der Waals surface area contributed by atoms with E-state index in [9.17, 15) is 17.6 Å². The van der Waals surface area contributed by atoms with Crippen LogP contribution >= 0.6 is 0 Å². The van der Waals surface area contributed by atoms with Gasteiger partial charge in [-0.05, 0) is 51.9 Å². The Morgan fingerprint density at radius 3 is 2.63 bits per heavy atom. The maximum Gasteiger partial charge on any atom is 0.406 e. The lowest BCUT2D eigenvalue weighted by atomic mass is 10.1. The Morgan fingerprint density at radius 1 is 1.21 bits per heavy atom. The number of likely N-dealkylation sites (N-methyl/N-ethyl adjacent to an activating group) is 1. The average Bonchev–Trinajstić information content (AvgIpc) is 3.44. The third-order valence-electron chi connectivity index (χ3n) is 6.49. The molecule has 0 atom stereocenters. The lowest BCUT2D eigenvalue weighted by Crippen LogP contribution is -2.43. The first-order chi connectivity index (χ1) is 17.8. The van der Waals surface area contributed by atoms with E-state index in [0.717, 1.165) is 10.1 Å². The summed E-state index contributed by atoms with van der Waals surface area (Å²) in [6, 6.07) is 6.66. The maximum atomic E-state index is 14.5. The molecule has 4 rings (SSSR count). The zero-order valence-corrected chi connectivity index (χ0v) is 22.2. The molecule has 0 fully saturated rings. The molecule has 0 aliphatic carbocycles. The fourth-order valence-electron chi connectivity index (χ4n) is 4.42. The lowest BCUT2D eigenvalue weighted by molar-refractivity contribution is -0.140. The summed E-state index contributed by atoms with van der Waals surface area (Å²) in [6.07, 6.45) is -1.95. The number of nitrogens with one attached hydrogen (secondary N) is 3. The van der Waals surface area contributed by atoms with Crippen molar-refractivity contribution in [2.45, 2.75) is 45.5 Å². The van der Waals surface area contributed by atoms with E-state index in [1.165, 1.54) is 0 Å². The van der Waals surface area contributed by atoms with Crippen molar-refractivity contribution in [3.63, 3.8) is 0 Å². The van der Waals surface area contributed by atoms with Gasteiger partial charge in [-0.1, -0.05) is 18.6 Å².